The van der Waals surface area contributed by atoms with Crippen molar-refractivity contribution in [3.63, 3.8) is 0 Å². The van der Waals surface area contributed by atoms with Crippen LogP contribution in [0.15, 0.2) is 41.1 Å². The summed E-state index contributed by atoms with van der Waals surface area (Å²) in [4.78, 5) is 11.0. The predicted octanol–water partition coefficient (Wildman–Crippen LogP) is 3.59. The number of ether oxygens (including phenoxy) is 1. The summed E-state index contributed by atoms with van der Waals surface area (Å²) < 4.78 is 7.13. The highest BCUT2D eigenvalue weighted by Crippen LogP contribution is 2.22. The molecule has 1 fully saturated rings. The lowest BCUT2D eigenvalue weighted by atomic mass is 10.1. The van der Waals surface area contributed by atoms with Gasteiger partial charge in [0, 0.05) is 30.3 Å². The van der Waals surface area contributed by atoms with Crippen LogP contribution >= 0.6 is 15.9 Å². The van der Waals surface area contributed by atoms with Gasteiger partial charge in [-0.25, -0.2) is 4.98 Å². The van der Waals surface area contributed by atoms with Crippen LogP contribution in [0.1, 0.15) is 24.1 Å². The third-order valence-corrected chi connectivity index (χ3v) is 4.68. The molecule has 0 radical (unpaired) electrons. The van der Waals surface area contributed by atoms with Crippen molar-refractivity contribution >= 4 is 15.9 Å². The summed E-state index contributed by atoms with van der Waals surface area (Å²) in [6.45, 7) is 5.01. The number of hydrogen-bond donors (Lipinski definition) is 0. The van der Waals surface area contributed by atoms with E-state index in [1.165, 1.54) is 10.0 Å². The third-order valence-electron chi connectivity index (χ3n) is 3.91. The van der Waals surface area contributed by atoms with Crippen LogP contribution in [0.2, 0.25) is 0 Å². The Morgan fingerprint density at radius 1 is 1.23 bits per heavy atom. The highest BCUT2D eigenvalue weighted by Gasteiger charge is 2.21. The second kappa shape index (κ2) is 7.20. The minimum absolute atomic E-state index is 0.242. The zero-order chi connectivity index (χ0) is 15.4. The summed E-state index contributed by atoms with van der Waals surface area (Å²) in [6.07, 6.45) is 5.74. The van der Waals surface area contributed by atoms with E-state index in [-0.39, 0.29) is 6.10 Å². The Morgan fingerprint density at radius 3 is 2.73 bits per heavy atom. The van der Waals surface area contributed by atoms with Crippen molar-refractivity contribution in [2.75, 3.05) is 13.1 Å². The molecule has 0 bridgehead atoms. The molecule has 0 spiro atoms. The number of nitrogens with zero attached hydrogens (tertiary/aromatic N) is 3. The first-order valence-electron chi connectivity index (χ1n) is 7.62. The van der Waals surface area contributed by atoms with Crippen molar-refractivity contribution in [1.82, 2.24) is 14.9 Å². The Morgan fingerprint density at radius 2 is 2.00 bits per heavy atom. The molecule has 1 aliphatic heterocycles. The molecule has 2 aromatic rings. The molecule has 0 saturated carbocycles. The first kappa shape index (κ1) is 15.4. The third kappa shape index (κ3) is 4.05. The largest absolute Gasteiger partial charge is 0.473 e. The number of aryl methyl sites for hydroxylation is 1. The predicted molar refractivity (Wildman–Crippen MR) is 89.8 cm³/mol. The van der Waals surface area contributed by atoms with Crippen LogP contribution in [-0.2, 0) is 6.54 Å². The molecule has 1 saturated heterocycles. The van der Waals surface area contributed by atoms with Crippen LogP contribution in [0.3, 0.4) is 0 Å². The quantitative estimate of drug-likeness (QED) is 0.833. The van der Waals surface area contributed by atoms with E-state index in [1.54, 1.807) is 12.4 Å². The van der Waals surface area contributed by atoms with Gasteiger partial charge in [0.2, 0.25) is 5.88 Å². The summed E-state index contributed by atoms with van der Waals surface area (Å²) in [5.41, 5.74) is 2.23. The van der Waals surface area contributed by atoms with Gasteiger partial charge in [0.25, 0.3) is 0 Å². The number of likely N-dealkylation sites (tertiary alicyclic amines) is 1. The van der Waals surface area contributed by atoms with E-state index in [2.05, 4.69) is 55.1 Å². The van der Waals surface area contributed by atoms with Gasteiger partial charge < -0.3 is 4.74 Å². The maximum Gasteiger partial charge on any atom is 0.232 e. The maximum absolute atomic E-state index is 5.95. The molecule has 4 nitrogen and oxygen atoms in total. The topological polar surface area (TPSA) is 38.2 Å². The molecular weight excluding hydrogens is 342 g/mol. The molecule has 0 aliphatic carbocycles. The van der Waals surface area contributed by atoms with Crippen molar-refractivity contribution in [3.05, 3.63) is 52.4 Å². The van der Waals surface area contributed by atoms with E-state index in [0.29, 0.717) is 5.88 Å². The molecular formula is C17H20BrN3O. The van der Waals surface area contributed by atoms with Crippen LogP contribution in [0.5, 0.6) is 5.88 Å². The molecule has 3 rings (SSSR count). The molecule has 0 N–H and O–H groups in total. The Hall–Kier alpha value is -1.46. The summed E-state index contributed by atoms with van der Waals surface area (Å²) in [7, 11) is 0. The summed E-state index contributed by atoms with van der Waals surface area (Å²) in [6, 6.07) is 8.42. The number of halogens is 1. The summed E-state index contributed by atoms with van der Waals surface area (Å²) in [5, 5.41) is 0. The van der Waals surface area contributed by atoms with Crippen LogP contribution in [0.25, 0.3) is 0 Å². The lowest BCUT2D eigenvalue weighted by molar-refractivity contribution is 0.0926. The molecule has 0 amide bonds. The van der Waals surface area contributed by atoms with E-state index >= 15 is 0 Å². The first-order chi connectivity index (χ1) is 10.7. The van der Waals surface area contributed by atoms with Gasteiger partial charge in [0.05, 0.1) is 11.9 Å². The second-order valence-electron chi connectivity index (χ2n) is 5.68. The van der Waals surface area contributed by atoms with Crippen LogP contribution in [-0.4, -0.2) is 34.1 Å². The fourth-order valence-electron chi connectivity index (χ4n) is 2.72. The van der Waals surface area contributed by atoms with Gasteiger partial charge in [0.15, 0.2) is 0 Å². The summed E-state index contributed by atoms with van der Waals surface area (Å²) >= 11 is 3.62. The fourth-order valence-corrected chi connectivity index (χ4v) is 3.13. The van der Waals surface area contributed by atoms with Crippen LogP contribution in [0.4, 0.5) is 0 Å². The zero-order valence-corrected chi connectivity index (χ0v) is 14.3. The van der Waals surface area contributed by atoms with E-state index in [9.17, 15) is 0 Å². The second-order valence-corrected chi connectivity index (χ2v) is 6.54. The lowest BCUT2D eigenvalue weighted by Gasteiger charge is -2.32. The highest BCUT2D eigenvalue weighted by atomic mass is 79.9. The van der Waals surface area contributed by atoms with E-state index in [1.807, 2.05) is 6.92 Å². The van der Waals surface area contributed by atoms with Crippen molar-refractivity contribution in [2.24, 2.45) is 0 Å². The van der Waals surface area contributed by atoms with Gasteiger partial charge >= 0.3 is 0 Å². The fraction of sp³-hybridized carbons (Fsp3) is 0.412. The van der Waals surface area contributed by atoms with Gasteiger partial charge in [0.1, 0.15) is 6.10 Å². The van der Waals surface area contributed by atoms with E-state index in [4.69, 9.17) is 4.74 Å². The minimum atomic E-state index is 0.242. The number of benzene rings is 1. The normalized spacial score (nSPS) is 16.6. The summed E-state index contributed by atoms with van der Waals surface area (Å²) in [5.74, 6) is 0.643. The average Bonchev–Trinajstić information content (AvgIpc) is 2.52. The number of piperidine rings is 1. The lowest BCUT2D eigenvalue weighted by Crippen LogP contribution is -2.38. The average molecular weight is 362 g/mol. The smallest absolute Gasteiger partial charge is 0.232 e. The van der Waals surface area contributed by atoms with Gasteiger partial charge in [-0.15, -0.1) is 0 Å². The van der Waals surface area contributed by atoms with Gasteiger partial charge in [-0.2, -0.15) is 0 Å². The Labute approximate surface area is 139 Å². The van der Waals surface area contributed by atoms with Crippen molar-refractivity contribution in [2.45, 2.75) is 32.4 Å². The van der Waals surface area contributed by atoms with Gasteiger partial charge in [-0.05, 0) is 31.4 Å². The number of rotatable bonds is 4. The molecule has 1 aliphatic rings. The molecule has 116 valence electrons. The number of aromatic nitrogens is 2. The molecule has 1 aromatic heterocycles. The molecule has 1 aromatic carbocycles. The molecule has 0 atom stereocenters. The monoisotopic (exact) mass is 361 g/mol. The minimum Gasteiger partial charge on any atom is -0.473 e. The maximum atomic E-state index is 5.95. The molecule has 0 unspecified atom stereocenters. The Balaban J connectivity index is 1.51. The number of hydrogen-bond acceptors (Lipinski definition) is 4. The van der Waals surface area contributed by atoms with Crippen molar-refractivity contribution in [3.8, 4) is 5.88 Å². The van der Waals surface area contributed by atoms with E-state index < -0.39 is 0 Å². The Kier molecular flexibility index (Phi) is 5.05. The first-order valence-corrected chi connectivity index (χ1v) is 8.41. The molecule has 22 heavy (non-hydrogen) atoms. The SMILES string of the molecule is Cc1cncc(OC2CCN(Cc3ccccc3Br)CC2)n1. The standard InChI is InChI=1S/C17H20BrN3O/c1-13-10-19-11-17(20-13)22-15-6-8-21(9-7-15)12-14-4-2-3-5-16(14)18/h2-5,10-11,15H,6-9,12H2,1H3. The van der Waals surface area contributed by atoms with Gasteiger partial charge in [-0.3, -0.25) is 9.88 Å². The van der Waals surface area contributed by atoms with Crippen LogP contribution in [0, 0.1) is 6.92 Å². The zero-order valence-electron chi connectivity index (χ0n) is 12.7. The van der Waals surface area contributed by atoms with Crippen molar-refractivity contribution < 1.29 is 4.74 Å². The van der Waals surface area contributed by atoms with Gasteiger partial charge in [-0.1, -0.05) is 34.1 Å². The Bertz CT molecular complexity index is 627. The molecule has 5 heteroatoms. The van der Waals surface area contributed by atoms with Crippen molar-refractivity contribution in [1.29, 1.82) is 0 Å². The van der Waals surface area contributed by atoms with E-state index in [0.717, 1.165) is 38.2 Å². The highest BCUT2D eigenvalue weighted by molar-refractivity contribution is 9.10. The van der Waals surface area contributed by atoms with Crippen LogP contribution < -0.4 is 4.74 Å². The molecule has 2 heterocycles.